The average molecular weight is 262 g/mol. The zero-order chi connectivity index (χ0) is 13.8. The lowest BCUT2D eigenvalue weighted by atomic mass is 10.0. The molecular weight excluding hydrogens is 248 g/mol. The lowest BCUT2D eigenvalue weighted by Crippen LogP contribution is -2.03. The number of ketones is 1. The summed E-state index contributed by atoms with van der Waals surface area (Å²) in [5.41, 5.74) is 3.75. The highest BCUT2D eigenvalue weighted by molar-refractivity contribution is 5.97. The third-order valence-corrected chi connectivity index (χ3v) is 3.23. The van der Waals surface area contributed by atoms with Gasteiger partial charge in [0.05, 0.1) is 5.69 Å². The van der Waals surface area contributed by atoms with Crippen molar-refractivity contribution in [2.24, 2.45) is 0 Å². The second kappa shape index (κ2) is 5.53. The van der Waals surface area contributed by atoms with Crippen LogP contribution in [0.3, 0.4) is 0 Å². The summed E-state index contributed by atoms with van der Waals surface area (Å²) in [6.07, 6.45) is 2.15. The summed E-state index contributed by atoms with van der Waals surface area (Å²) in [5, 5.41) is 6.83. The van der Waals surface area contributed by atoms with Crippen molar-refractivity contribution >= 4 is 5.78 Å². The summed E-state index contributed by atoms with van der Waals surface area (Å²) < 4.78 is 0. The molecule has 0 unspecified atom stereocenters. The summed E-state index contributed by atoms with van der Waals surface area (Å²) in [7, 11) is 0. The molecule has 3 heteroatoms. The van der Waals surface area contributed by atoms with E-state index in [1.165, 1.54) is 0 Å². The third kappa shape index (κ3) is 2.67. The normalized spacial score (nSPS) is 10.4. The number of nitrogens with zero attached hydrogens (tertiary/aromatic N) is 1. The molecule has 0 amide bonds. The fraction of sp³-hybridized carbons (Fsp3) is 0.0588. The molecule has 0 saturated carbocycles. The molecule has 0 fully saturated rings. The maximum absolute atomic E-state index is 12.2. The zero-order valence-corrected chi connectivity index (χ0v) is 10.9. The first-order valence-electron chi connectivity index (χ1n) is 6.50. The van der Waals surface area contributed by atoms with Crippen LogP contribution in [0.15, 0.2) is 66.9 Å². The number of carbonyl (C=O) groups is 1. The van der Waals surface area contributed by atoms with Crippen molar-refractivity contribution in [3.8, 4) is 11.3 Å². The monoisotopic (exact) mass is 262 g/mol. The van der Waals surface area contributed by atoms with E-state index < -0.39 is 0 Å². The van der Waals surface area contributed by atoms with Gasteiger partial charge in [0.15, 0.2) is 5.78 Å². The van der Waals surface area contributed by atoms with Crippen LogP contribution >= 0.6 is 0 Å². The maximum atomic E-state index is 12.2. The number of hydrogen-bond donors (Lipinski definition) is 1. The second-order valence-electron chi connectivity index (χ2n) is 4.63. The Kier molecular flexibility index (Phi) is 3.42. The molecule has 3 aromatic rings. The van der Waals surface area contributed by atoms with Crippen LogP contribution < -0.4 is 0 Å². The minimum atomic E-state index is 0.132. The molecule has 1 N–H and O–H groups in total. The number of H-pyrrole nitrogens is 1. The van der Waals surface area contributed by atoms with Gasteiger partial charge in [-0.3, -0.25) is 9.89 Å². The zero-order valence-electron chi connectivity index (χ0n) is 10.9. The molecule has 0 atom stereocenters. The van der Waals surface area contributed by atoms with Crippen molar-refractivity contribution in [2.75, 3.05) is 0 Å². The topological polar surface area (TPSA) is 45.8 Å². The van der Waals surface area contributed by atoms with Gasteiger partial charge in [-0.05, 0) is 17.2 Å². The van der Waals surface area contributed by atoms with Gasteiger partial charge in [0, 0.05) is 18.2 Å². The van der Waals surface area contributed by atoms with Crippen LogP contribution in [0.4, 0.5) is 0 Å². The summed E-state index contributed by atoms with van der Waals surface area (Å²) in [4.78, 5) is 12.2. The molecular formula is C17H14N2O. The Morgan fingerprint density at radius 1 is 0.950 bits per heavy atom. The van der Waals surface area contributed by atoms with Crippen molar-refractivity contribution in [3.05, 3.63) is 78.0 Å². The molecule has 0 bridgehead atoms. The first-order chi connectivity index (χ1) is 9.83. The molecule has 3 nitrogen and oxygen atoms in total. The summed E-state index contributed by atoms with van der Waals surface area (Å²) in [5.74, 6) is 0.132. The third-order valence-electron chi connectivity index (χ3n) is 3.23. The van der Waals surface area contributed by atoms with Gasteiger partial charge < -0.3 is 0 Å². The highest BCUT2D eigenvalue weighted by atomic mass is 16.1. The van der Waals surface area contributed by atoms with Gasteiger partial charge in [-0.25, -0.2) is 0 Å². The van der Waals surface area contributed by atoms with E-state index in [0.29, 0.717) is 6.42 Å². The van der Waals surface area contributed by atoms with E-state index in [1.807, 2.05) is 60.7 Å². The molecule has 1 aromatic heterocycles. The van der Waals surface area contributed by atoms with Gasteiger partial charge in [0.2, 0.25) is 0 Å². The number of benzene rings is 2. The lowest BCUT2D eigenvalue weighted by molar-refractivity contribution is 0.0993. The number of nitrogens with one attached hydrogen (secondary N) is 1. The Labute approximate surface area is 117 Å². The highest BCUT2D eigenvalue weighted by Gasteiger charge is 2.07. The predicted molar refractivity (Wildman–Crippen MR) is 78.5 cm³/mol. The number of aromatic amines is 1. The van der Waals surface area contributed by atoms with Crippen molar-refractivity contribution < 1.29 is 4.79 Å². The summed E-state index contributed by atoms with van der Waals surface area (Å²) in [6.45, 7) is 0. The van der Waals surface area contributed by atoms with Crippen LogP contribution in [0, 0.1) is 0 Å². The van der Waals surface area contributed by atoms with E-state index in [-0.39, 0.29) is 5.78 Å². The standard InChI is InChI=1S/C17H14N2O/c20-17(12-13-4-2-1-3-5-13)15-8-6-14(7-9-15)16-10-11-18-19-16/h1-11H,12H2,(H,18,19). The molecule has 1 heterocycles. The molecule has 0 aliphatic heterocycles. The second-order valence-corrected chi connectivity index (χ2v) is 4.63. The van der Waals surface area contributed by atoms with Crippen LogP contribution in [0.2, 0.25) is 0 Å². The Morgan fingerprint density at radius 3 is 2.35 bits per heavy atom. The molecule has 2 aromatic carbocycles. The smallest absolute Gasteiger partial charge is 0.167 e. The molecule has 0 spiro atoms. The van der Waals surface area contributed by atoms with Gasteiger partial charge >= 0.3 is 0 Å². The van der Waals surface area contributed by atoms with Crippen molar-refractivity contribution in [1.82, 2.24) is 10.2 Å². The number of rotatable bonds is 4. The number of Topliss-reactive ketones (excluding diaryl/α,β-unsaturated/α-hetero) is 1. The molecule has 20 heavy (non-hydrogen) atoms. The summed E-state index contributed by atoms with van der Waals surface area (Å²) >= 11 is 0. The van der Waals surface area contributed by atoms with E-state index >= 15 is 0 Å². The Balaban J connectivity index is 1.76. The van der Waals surface area contributed by atoms with Crippen LogP contribution in [0.25, 0.3) is 11.3 Å². The van der Waals surface area contributed by atoms with Crippen molar-refractivity contribution in [3.63, 3.8) is 0 Å². The van der Waals surface area contributed by atoms with Gasteiger partial charge in [-0.2, -0.15) is 5.10 Å². The first kappa shape index (κ1) is 12.4. The van der Waals surface area contributed by atoms with E-state index in [4.69, 9.17) is 0 Å². The highest BCUT2D eigenvalue weighted by Crippen LogP contribution is 2.17. The summed E-state index contributed by atoms with van der Waals surface area (Å²) in [6, 6.07) is 19.3. The number of carbonyl (C=O) groups excluding carboxylic acids is 1. The van der Waals surface area contributed by atoms with Crippen LogP contribution in [0.1, 0.15) is 15.9 Å². The SMILES string of the molecule is O=C(Cc1ccccc1)c1ccc(-c2ccn[nH]2)cc1. The van der Waals surface area contributed by atoms with Gasteiger partial charge in [-0.1, -0.05) is 54.6 Å². The molecule has 98 valence electrons. The molecule has 0 aliphatic rings. The Hall–Kier alpha value is -2.68. The van der Waals surface area contributed by atoms with Gasteiger partial charge in [-0.15, -0.1) is 0 Å². The van der Waals surface area contributed by atoms with E-state index in [9.17, 15) is 4.79 Å². The molecule has 0 saturated heterocycles. The fourth-order valence-electron chi connectivity index (χ4n) is 2.14. The Bertz CT molecular complexity index is 686. The van der Waals surface area contributed by atoms with Gasteiger partial charge in [0.25, 0.3) is 0 Å². The minimum Gasteiger partial charge on any atom is -0.294 e. The van der Waals surface area contributed by atoms with Gasteiger partial charge in [0.1, 0.15) is 0 Å². The fourth-order valence-corrected chi connectivity index (χ4v) is 2.14. The van der Waals surface area contributed by atoms with E-state index in [0.717, 1.165) is 22.4 Å². The van der Waals surface area contributed by atoms with Crippen molar-refractivity contribution in [1.29, 1.82) is 0 Å². The number of aromatic nitrogens is 2. The first-order valence-corrected chi connectivity index (χ1v) is 6.50. The average Bonchev–Trinajstić information content (AvgIpc) is 3.03. The van der Waals surface area contributed by atoms with E-state index in [2.05, 4.69) is 10.2 Å². The van der Waals surface area contributed by atoms with Crippen molar-refractivity contribution in [2.45, 2.75) is 6.42 Å². The molecule has 3 rings (SSSR count). The van der Waals surface area contributed by atoms with E-state index in [1.54, 1.807) is 6.20 Å². The van der Waals surface area contributed by atoms with Crippen LogP contribution in [-0.4, -0.2) is 16.0 Å². The lowest BCUT2D eigenvalue weighted by Gasteiger charge is -2.03. The molecule has 0 radical (unpaired) electrons. The largest absolute Gasteiger partial charge is 0.294 e. The molecule has 0 aliphatic carbocycles. The van der Waals surface area contributed by atoms with Crippen LogP contribution in [-0.2, 0) is 6.42 Å². The minimum absolute atomic E-state index is 0.132. The quantitative estimate of drug-likeness (QED) is 0.731. The number of hydrogen-bond acceptors (Lipinski definition) is 2. The Morgan fingerprint density at radius 2 is 1.70 bits per heavy atom. The predicted octanol–water partition coefficient (Wildman–Crippen LogP) is 3.50. The maximum Gasteiger partial charge on any atom is 0.167 e. The van der Waals surface area contributed by atoms with Crippen LogP contribution in [0.5, 0.6) is 0 Å².